The third kappa shape index (κ3) is 2.56. The van der Waals surface area contributed by atoms with Gasteiger partial charge in [0.1, 0.15) is 0 Å². The second kappa shape index (κ2) is 4.05. The number of benzene rings is 1. The van der Waals surface area contributed by atoms with Gasteiger partial charge in [-0.1, -0.05) is 18.2 Å². The van der Waals surface area contributed by atoms with Gasteiger partial charge in [0.25, 0.3) is 0 Å². The van der Waals surface area contributed by atoms with E-state index in [-0.39, 0.29) is 10.8 Å². The number of hydrogen-bond acceptors (Lipinski definition) is 2. The monoisotopic (exact) mass is 200 g/mol. The highest BCUT2D eigenvalue weighted by Gasteiger charge is 2.06. The third-order valence-electron chi connectivity index (χ3n) is 1.27. The maximum atomic E-state index is 13.0. The molecule has 1 aromatic carbocycles. The van der Waals surface area contributed by atoms with Crippen LogP contribution in [0.25, 0.3) is 0 Å². The maximum absolute atomic E-state index is 13.0. The lowest BCUT2D eigenvalue weighted by atomic mass is 10.3. The van der Waals surface area contributed by atoms with Crippen LogP contribution >= 0.6 is 11.6 Å². The molecule has 0 fully saturated rings. The number of esters is 1. The van der Waals surface area contributed by atoms with Crippen molar-refractivity contribution in [3.8, 4) is 5.75 Å². The minimum absolute atomic E-state index is 0.158. The lowest BCUT2D eigenvalue weighted by Gasteiger charge is -2.01. The van der Waals surface area contributed by atoms with Crippen molar-refractivity contribution in [2.75, 3.05) is 0 Å². The molecule has 0 aliphatic rings. The summed E-state index contributed by atoms with van der Waals surface area (Å²) in [6.07, 6.45) is 0.952. The average molecular weight is 201 g/mol. The number of rotatable bonds is 2. The zero-order chi connectivity index (χ0) is 9.84. The van der Waals surface area contributed by atoms with Crippen molar-refractivity contribution in [2.45, 2.75) is 0 Å². The lowest BCUT2D eigenvalue weighted by molar-refractivity contribution is -0.129. The van der Waals surface area contributed by atoms with Crippen LogP contribution in [0.15, 0.2) is 30.9 Å². The summed E-state index contributed by atoms with van der Waals surface area (Å²) in [5, 5.41) is 0.246. The fourth-order valence-corrected chi connectivity index (χ4v) is 0.867. The van der Waals surface area contributed by atoms with Crippen LogP contribution in [0, 0.1) is 5.82 Å². The number of halogens is 2. The smallest absolute Gasteiger partial charge is 0.335 e. The molecule has 0 aromatic heterocycles. The van der Waals surface area contributed by atoms with Crippen LogP contribution in [0.1, 0.15) is 0 Å². The van der Waals surface area contributed by atoms with E-state index >= 15 is 0 Å². The number of ether oxygens (including phenoxy) is 1. The molecule has 0 aliphatic heterocycles. The van der Waals surface area contributed by atoms with Gasteiger partial charge < -0.3 is 4.74 Å². The Bertz CT molecular complexity index is 349. The summed E-state index contributed by atoms with van der Waals surface area (Å²) < 4.78 is 17.5. The van der Waals surface area contributed by atoms with Crippen molar-refractivity contribution >= 4 is 17.6 Å². The van der Waals surface area contributed by atoms with Gasteiger partial charge in [0, 0.05) is 11.1 Å². The summed E-state index contributed by atoms with van der Waals surface area (Å²) in [6.45, 7) is 3.18. The first-order valence-corrected chi connectivity index (χ1v) is 3.80. The first kappa shape index (κ1) is 9.74. The molecule has 0 heterocycles. The minimum Gasteiger partial charge on any atom is -0.420 e. The molecule has 68 valence electrons. The van der Waals surface area contributed by atoms with Crippen LogP contribution in [0.3, 0.4) is 0 Å². The topological polar surface area (TPSA) is 26.3 Å². The molecule has 0 unspecified atom stereocenters. The molecule has 1 rings (SSSR count). The van der Waals surface area contributed by atoms with Gasteiger partial charge in [-0.3, -0.25) is 0 Å². The second-order valence-electron chi connectivity index (χ2n) is 2.20. The average Bonchev–Trinajstić information content (AvgIpc) is 2.09. The van der Waals surface area contributed by atoms with E-state index in [1.54, 1.807) is 0 Å². The molecule has 0 spiro atoms. The highest BCUT2D eigenvalue weighted by atomic mass is 35.5. The van der Waals surface area contributed by atoms with E-state index in [9.17, 15) is 9.18 Å². The number of carbonyl (C=O) groups is 1. The first-order chi connectivity index (χ1) is 6.13. The van der Waals surface area contributed by atoms with Crippen LogP contribution in [-0.2, 0) is 4.79 Å². The zero-order valence-electron chi connectivity index (χ0n) is 6.59. The predicted octanol–water partition coefficient (Wildman–Crippen LogP) is 2.57. The van der Waals surface area contributed by atoms with Gasteiger partial charge in [0.05, 0.1) is 0 Å². The van der Waals surface area contributed by atoms with Gasteiger partial charge in [-0.15, -0.1) is 0 Å². The van der Waals surface area contributed by atoms with E-state index in [2.05, 4.69) is 11.3 Å². The Balaban J connectivity index is 2.89. The molecular weight excluding hydrogens is 195 g/mol. The molecule has 0 atom stereocenters. The van der Waals surface area contributed by atoms with Crippen molar-refractivity contribution < 1.29 is 13.9 Å². The second-order valence-corrected chi connectivity index (χ2v) is 2.64. The summed E-state index contributed by atoms with van der Waals surface area (Å²) in [6, 6.07) is 3.77. The van der Waals surface area contributed by atoms with Gasteiger partial charge in [-0.05, 0) is 18.2 Å². The molecule has 1 aromatic rings. The molecule has 4 heteroatoms. The summed E-state index contributed by atoms with van der Waals surface area (Å²) in [5.41, 5.74) is 0. The van der Waals surface area contributed by atoms with Crippen molar-refractivity contribution in [1.29, 1.82) is 0 Å². The van der Waals surface area contributed by atoms with E-state index in [1.165, 1.54) is 12.1 Å². The van der Waals surface area contributed by atoms with Gasteiger partial charge in [0.15, 0.2) is 11.6 Å². The highest BCUT2D eigenvalue weighted by Crippen LogP contribution is 2.20. The van der Waals surface area contributed by atoms with Crippen molar-refractivity contribution in [3.63, 3.8) is 0 Å². The Labute approximate surface area is 79.6 Å². The Morgan fingerprint density at radius 1 is 1.62 bits per heavy atom. The standard InChI is InChI=1S/C9H6ClFO2/c1-2-9(12)13-8-4-3-6(10)5-7(8)11/h2-5H,1H2. The summed E-state index contributed by atoms with van der Waals surface area (Å²) in [4.78, 5) is 10.7. The Hall–Kier alpha value is -1.35. The largest absolute Gasteiger partial charge is 0.420 e. The Morgan fingerprint density at radius 2 is 2.31 bits per heavy atom. The van der Waals surface area contributed by atoms with Crippen LogP contribution in [0.4, 0.5) is 4.39 Å². The van der Waals surface area contributed by atoms with Crippen molar-refractivity contribution in [2.24, 2.45) is 0 Å². The molecule has 13 heavy (non-hydrogen) atoms. The van der Waals surface area contributed by atoms with E-state index in [0.29, 0.717) is 0 Å². The van der Waals surface area contributed by atoms with Crippen LogP contribution in [-0.4, -0.2) is 5.97 Å². The van der Waals surface area contributed by atoms with E-state index in [1.807, 2.05) is 0 Å². The molecule has 0 radical (unpaired) electrons. The SMILES string of the molecule is C=CC(=O)Oc1ccc(Cl)cc1F. The molecule has 0 bridgehead atoms. The quantitative estimate of drug-likeness (QED) is 0.417. The first-order valence-electron chi connectivity index (χ1n) is 3.43. The molecule has 0 amide bonds. The highest BCUT2D eigenvalue weighted by molar-refractivity contribution is 6.30. The molecule has 0 saturated carbocycles. The van der Waals surface area contributed by atoms with Gasteiger partial charge >= 0.3 is 5.97 Å². The number of carbonyl (C=O) groups excluding carboxylic acids is 1. The van der Waals surface area contributed by atoms with E-state index < -0.39 is 11.8 Å². The van der Waals surface area contributed by atoms with Gasteiger partial charge in [-0.2, -0.15) is 0 Å². The molecule has 0 N–H and O–H groups in total. The number of hydrogen-bond donors (Lipinski definition) is 0. The predicted molar refractivity (Wildman–Crippen MR) is 47.2 cm³/mol. The summed E-state index contributed by atoms with van der Waals surface area (Å²) in [5.74, 6) is -1.54. The van der Waals surface area contributed by atoms with E-state index in [0.717, 1.165) is 12.1 Å². The fourth-order valence-electron chi connectivity index (χ4n) is 0.708. The molecule has 0 saturated heterocycles. The van der Waals surface area contributed by atoms with Crippen molar-refractivity contribution in [3.05, 3.63) is 41.7 Å². The van der Waals surface area contributed by atoms with Crippen LogP contribution in [0.5, 0.6) is 5.75 Å². The maximum Gasteiger partial charge on any atom is 0.335 e. The molecule has 0 aliphatic carbocycles. The van der Waals surface area contributed by atoms with Gasteiger partial charge in [0.2, 0.25) is 0 Å². The Morgan fingerprint density at radius 3 is 2.85 bits per heavy atom. The normalized spacial score (nSPS) is 9.38. The van der Waals surface area contributed by atoms with Crippen molar-refractivity contribution in [1.82, 2.24) is 0 Å². The van der Waals surface area contributed by atoms with E-state index in [4.69, 9.17) is 11.6 Å². The summed E-state index contributed by atoms with van der Waals surface area (Å²) >= 11 is 5.49. The van der Waals surface area contributed by atoms with Crippen LogP contribution in [0.2, 0.25) is 5.02 Å². The lowest BCUT2D eigenvalue weighted by Crippen LogP contribution is -2.04. The van der Waals surface area contributed by atoms with Crippen LogP contribution < -0.4 is 4.74 Å². The Kier molecular flexibility index (Phi) is 3.03. The molecular formula is C9H6ClFO2. The third-order valence-corrected chi connectivity index (χ3v) is 1.51. The van der Waals surface area contributed by atoms with Gasteiger partial charge in [-0.25, -0.2) is 9.18 Å². The summed E-state index contributed by atoms with van der Waals surface area (Å²) in [7, 11) is 0. The fraction of sp³-hybridized carbons (Fsp3) is 0. The minimum atomic E-state index is -0.707. The zero-order valence-corrected chi connectivity index (χ0v) is 7.34. The molecule has 2 nitrogen and oxygen atoms in total.